The molecule has 0 saturated heterocycles. The number of para-hydroxylation sites is 1. The molecule has 0 amide bonds. The van der Waals surface area contributed by atoms with Gasteiger partial charge in [-0.1, -0.05) is 18.2 Å². The highest BCUT2D eigenvalue weighted by Gasteiger charge is 2.14. The van der Waals surface area contributed by atoms with Gasteiger partial charge < -0.3 is 4.74 Å². The van der Waals surface area contributed by atoms with Crippen LogP contribution in [0.25, 0.3) is 21.8 Å². The maximum Gasteiger partial charge on any atom is 0.140 e. The van der Waals surface area contributed by atoms with E-state index in [4.69, 9.17) is 4.74 Å². The summed E-state index contributed by atoms with van der Waals surface area (Å²) in [7, 11) is 0. The van der Waals surface area contributed by atoms with Crippen molar-refractivity contribution >= 4 is 33.7 Å². The van der Waals surface area contributed by atoms with Gasteiger partial charge in [-0.15, -0.1) is 0 Å². The Kier molecular flexibility index (Phi) is 1.88. The minimum atomic E-state index is 0.498. The number of pyridine rings is 1. The number of aromatic nitrogens is 1. The Bertz CT molecular complexity index is 793. The largest absolute Gasteiger partial charge is 0.486 e. The van der Waals surface area contributed by atoms with E-state index in [0.717, 1.165) is 33.2 Å². The molecule has 3 aromatic rings. The van der Waals surface area contributed by atoms with Crippen LogP contribution in [0.4, 0.5) is 5.69 Å². The second kappa shape index (κ2) is 3.53. The number of ether oxygens (including phenoxy) is 1. The van der Waals surface area contributed by atoms with Crippen molar-refractivity contribution in [1.82, 2.24) is 4.98 Å². The summed E-state index contributed by atoms with van der Waals surface area (Å²) >= 11 is 0. The highest BCUT2D eigenvalue weighted by molar-refractivity contribution is 6.07. The zero-order valence-corrected chi connectivity index (χ0v) is 9.63. The van der Waals surface area contributed by atoms with Crippen molar-refractivity contribution < 1.29 is 4.74 Å². The van der Waals surface area contributed by atoms with Crippen LogP contribution >= 0.6 is 0 Å². The van der Waals surface area contributed by atoms with Crippen molar-refractivity contribution in [2.24, 2.45) is 4.99 Å². The molecule has 18 heavy (non-hydrogen) atoms. The van der Waals surface area contributed by atoms with Gasteiger partial charge in [0.25, 0.3) is 0 Å². The molecule has 2 aromatic carbocycles. The fourth-order valence-electron chi connectivity index (χ4n) is 2.40. The summed E-state index contributed by atoms with van der Waals surface area (Å²) in [4.78, 5) is 9.09. The second-order valence-corrected chi connectivity index (χ2v) is 4.25. The number of rotatable bonds is 0. The monoisotopic (exact) mass is 234 g/mol. The Morgan fingerprint density at radius 2 is 1.83 bits per heavy atom. The molecule has 0 fully saturated rings. The Morgan fingerprint density at radius 3 is 2.83 bits per heavy atom. The zero-order valence-electron chi connectivity index (χ0n) is 9.63. The Balaban J connectivity index is 2.29. The predicted molar refractivity (Wildman–Crippen MR) is 72.9 cm³/mol. The molecule has 86 valence electrons. The summed E-state index contributed by atoms with van der Waals surface area (Å²) in [5, 5.41) is 2.05. The van der Waals surface area contributed by atoms with E-state index < -0.39 is 0 Å². The first-order chi connectivity index (χ1) is 8.93. The van der Waals surface area contributed by atoms with E-state index in [0.29, 0.717) is 6.61 Å². The Hall–Kier alpha value is -2.42. The fraction of sp³-hybridized carbons (Fsp3) is 0.0667. The van der Waals surface area contributed by atoms with Crippen LogP contribution in [0.3, 0.4) is 0 Å². The highest BCUT2D eigenvalue weighted by atomic mass is 16.5. The van der Waals surface area contributed by atoms with Gasteiger partial charge in [-0.05, 0) is 24.3 Å². The van der Waals surface area contributed by atoms with E-state index in [1.54, 1.807) is 6.21 Å². The molecule has 1 aliphatic heterocycles. The SMILES string of the molecule is C1=Nc2cccc3nc4ccccc4c(c23)OC1. The van der Waals surface area contributed by atoms with Gasteiger partial charge in [0.05, 0.1) is 22.1 Å². The van der Waals surface area contributed by atoms with Crippen molar-refractivity contribution in [3.05, 3.63) is 42.5 Å². The van der Waals surface area contributed by atoms with Crippen LogP contribution < -0.4 is 4.74 Å². The van der Waals surface area contributed by atoms with E-state index in [-0.39, 0.29) is 0 Å². The van der Waals surface area contributed by atoms with Crippen molar-refractivity contribution in [3.63, 3.8) is 0 Å². The average molecular weight is 234 g/mol. The van der Waals surface area contributed by atoms with Crippen molar-refractivity contribution in [2.75, 3.05) is 6.61 Å². The molecule has 0 N–H and O–H groups in total. The summed E-state index contributed by atoms with van der Waals surface area (Å²) in [6, 6.07) is 14.0. The molecule has 2 heterocycles. The van der Waals surface area contributed by atoms with Gasteiger partial charge >= 0.3 is 0 Å². The van der Waals surface area contributed by atoms with Gasteiger partial charge in [0, 0.05) is 11.6 Å². The lowest BCUT2D eigenvalue weighted by molar-refractivity contribution is 0.390. The van der Waals surface area contributed by atoms with E-state index in [1.165, 1.54) is 0 Å². The number of hydrogen-bond donors (Lipinski definition) is 0. The summed E-state index contributed by atoms with van der Waals surface area (Å²) in [5.74, 6) is 0.892. The standard InChI is InChI=1S/C15H10N2O/c1-2-5-11-10(4-1)15-14-12(16-8-9-18-15)6-3-7-13(14)17-11/h1-8H,9H2. The number of benzene rings is 2. The van der Waals surface area contributed by atoms with Crippen LogP contribution in [-0.2, 0) is 0 Å². The van der Waals surface area contributed by atoms with E-state index in [2.05, 4.69) is 9.98 Å². The van der Waals surface area contributed by atoms with Gasteiger partial charge in [0.2, 0.25) is 0 Å². The van der Waals surface area contributed by atoms with Crippen LogP contribution in [0, 0.1) is 0 Å². The van der Waals surface area contributed by atoms with Crippen LogP contribution in [0.5, 0.6) is 5.75 Å². The maximum absolute atomic E-state index is 5.84. The van der Waals surface area contributed by atoms with Gasteiger partial charge in [-0.3, -0.25) is 4.99 Å². The minimum absolute atomic E-state index is 0.498. The maximum atomic E-state index is 5.84. The summed E-state index contributed by atoms with van der Waals surface area (Å²) < 4.78 is 5.84. The molecule has 1 aromatic heterocycles. The molecule has 3 heteroatoms. The lowest BCUT2D eigenvalue weighted by Gasteiger charge is -2.10. The van der Waals surface area contributed by atoms with Gasteiger partial charge in [-0.2, -0.15) is 0 Å². The van der Waals surface area contributed by atoms with E-state index >= 15 is 0 Å². The highest BCUT2D eigenvalue weighted by Crippen LogP contribution is 2.39. The summed E-state index contributed by atoms with van der Waals surface area (Å²) in [6.45, 7) is 0.498. The molecule has 1 aliphatic rings. The number of hydrogen-bond acceptors (Lipinski definition) is 3. The van der Waals surface area contributed by atoms with Crippen molar-refractivity contribution in [3.8, 4) is 5.75 Å². The minimum Gasteiger partial charge on any atom is -0.486 e. The van der Waals surface area contributed by atoms with Crippen molar-refractivity contribution in [2.45, 2.75) is 0 Å². The number of fused-ring (bicyclic) bond motifs is 2. The molecular weight excluding hydrogens is 224 g/mol. The third-order valence-electron chi connectivity index (χ3n) is 3.17. The molecule has 3 nitrogen and oxygen atoms in total. The topological polar surface area (TPSA) is 34.5 Å². The quantitative estimate of drug-likeness (QED) is 0.558. The molecule has 0 spiro atoms. The molecule has 0 unspecified atom stereocenters. The van der Waals surface area contributed by atoms with Gasteiger partial charge in [0.15, 0.2) is 0 Å². The second-order valence-electron chi connectivity index (χ2n) is 4.25. The smallest absolute Gasteiger partial charge is 0.140 e. The summed E-state index contributed by atoms with van der Waals surface area (Å²) in [5.41, 5.74) is 2.82. The average Bonchev–Trinajstić information content (AvgIpc) is 2.63. The van der Waals surface area contributed by atoms with Gasteiger partial charge in [-0.25, -0.2) is 4.98 Å². The number of aliphatic imine (C=N–C) groups is 1. The van der Waals surface area contributed by atoms with Crippen LogP contribution in [-0.4, -0.2) is 17.8 Å². The Labute approximate surface area is 104 Å². The lowest BCUT2D eigenvalue weighted by atomic mass is 10.1. The fourth-order valence-corrected chi connectivity index (χ4v) is 2.40. The first-order valence-electron chi connectivity index (χ1n) is 5.90. The van der Waals surface area contributed by atoms with Gasteiger partial charge in [0.1, 0.15) is 12.4 Å². The zero-order chi connectivity index (χ0) is 11.9. The van der Waals surface area contributed by atoms with Crippen LogP contribution in [0.15, 0.2) is 47.5 Å². The van der Waals surface area contributed by atoms with Crippen molar-refractivity contribution in [1.29, 1.82) is 0 Å². The first-order valence-corrected chi connectivity index (χ1v) is 5.90. The summed E-state index contributed by atoms with van der Waals surface area (Å²) in [6.07, 6.45) is 1.80. The lowest BCUT2D eigenvalue weighted by Crippen LogP contribution is -1.97. The Morgan fingerprint density at radius 1 is 0.944 bits per heavy atom. The van der Waals surface area contributed by atoms with Crippen LogP contribution in [0.2, 0.25) is 0 Å². The molecule has 0 atom stereocenters. The predicted octanol–water partition coefficient (Wildman–Crippen LogP) is 3.48. The first kappa shape index (κ1) is 9.59. The third-order valence-corrected chi connectivity index (χ3v) is 3.17. The molecule has 0 bridgehead atoms. The number of nitrogens with zero attached hydrogens (tertiary/aromatic N) is 2. The molecule has 0 radical (unpaired) electrons. The van der Waals surface area contributed by atoms with E-state index in [9.17, 15) is 0 Å². The molecular formula is C15H10N2O. The molecule has 0 aliphatic carbocycles. The van der Waals surface area contributed by atoms with E-state index in [1.807, 2.05) is 42.5 Å². The third kappa shape index (κ3) is 1.24. The van der Waals surface area contributed by atoms with Crippen LogP contribution in [0.1, 0.15) is 0 Å². The molecule has 4 rings (SSSR count). The molecule has 0 saturated carbocycles. The normalized spacial score (nSPS) is 13.6.